The Morgan fingerprint density at radius 1 is 1.12 bits per heavy atom. The minimum atomic E-state index is -3.93. The quantitative estimate of drug-likeness (QED) is 0.629. The number of nitro benzene ring substituents is 1. The van der Waals surface area contributed by atoms with Gasteiger partial charge in [0.15, 0.2) is 0 Å². The number of nitrogens with zero attached hydrogens (tertiary/aromatic N) is 2. The monoisotopic (exact) mass is 379 g/mol. The van der Waals surface area contributed by atoms with Crippen molar-refractivity contribution in [2.75, 3.05) is 11.4 Å². The first kappa shape index (κ1) is 18.0. The van der Waals surface area contributed by atoms with E-state index in [9.17, 15) is 27.7 Å². The van der Waals surface area contributed by atoms with Crippen LogP contribution in [0.5, 0.6) is 0 Å². The molecule has 1 aliphatic heterocycles. The lowest BCUT2D eigenvalue weighted by Crippen LogP contribution is -2.37. The first-order valence-corrected chi connectivity index (χ1v) is 9.07. The van der Waals surface area contributed by atoms with Crippen LogP contribution < -0.4 is 9.62 Å². The molecule has 2 aromatic carbocycles. The van der Waals surface area contributed by atoms with Crippen molar-refractivity contribution in [3.8, 4) is 0 Å². The topological polar surface area (TPSA) is 110 Å². The molecule has 8 nitrogen and oxygen atoms in total. The number of carbonyl (C=O) groups is 1. The van der Waals surface area contributed by atoms with Gasteiger partial charge in [-0.1, -0.05) is 0 Å². The minimum Gasteiger partial charge on any atom is -0.311 e. The average Bonchev–Trinajstić information content (AvgIpc) is 2.95. The maximum absolute atomic E-state index is 13.0. The molecule has 1 saturated heterocycles. The van der Waals surface area contributed by atoms with Gasteiger partial charge in [0.05, 0.1) is 9.82 Å². The Bertz CT molecular complexity index is 945. The summed E-state index contributed by atoms with van der Waals surface area (Å²) in [5.41, 5.74) is 0.260. The van der Waals surface area contributed by atoms with Crippen molar-refractivity contribution in [2.24, 2.45) is 0 Å². The highest BCUT2D eigenvalue weighted by Crippen LogP contribution is 2.23. The molecular weight excluding hydrogens is 365 g/mol. The Hall–Kier alpha value is -2.85. The molecule has 136 valence electrons. The average molecular weight is 379 g/mol. The molecule has 26 heavy (non-hydrogen) atoms. The summed E-state index contributed by atoms with van der Waals surface area (Å²) in [6.07, 6.45) is -0.0381. The van der Waals surface area contributed by atoms with Gasteiger partial charge in [0.1, 0.15) is 5.82 Å². The molecule has 0 spiro atoms. The number of rotatable bonds is 5. The minimum absolute atomic E-state index is 0.0381. The summed E-state index contributed by atoms with van der Waals surface area (Å²) in [6.45, 7) is 0.108. The van der Waals surface area contributed by atoms with Crippen LogP contribution in [-0.4, -0.2) is 31.8 Å². The van der Waals surface area contributed by atoms with Crippen LogP contribution in [0.3, 0.4) is 0 Å². The summed E-state index contributed by atoms with van der Waals surface area (Å²) in [5, 5.41) is 10.6. The van der Waals surface area contributed by atoms with Crippen LogP contribution in [0, 0.1) is 15.9 Å². The van der Waals surface area contributed by atoms with Crippen molar-refractivity contribution in [2.45, 2.75) is 17.4 Å². The SMILES string of the molecule is O=C1C[C@@H](NS(=O)(=O)c2ccc([N+](=O)[O-])cc2)CN1c1ccc(F)cc1. The second-order valence-corrected chi connectivity index (χ2v) is 7.47. The summed E-state index contributed by atoms with van der Waals surface area (Å²) >= 11 is 0. The normalized spacial score (nSPS) is 17.5. The summed E-state index contributed by atoms with van der Waals surface area (Å²) in [6, 6.07) is 9.13. The third-order valence-corrected chi connectivity index (χ3v) is 5.48. The van der Waals surface area contributed by atoms with Gasteiger partial charge in [0, 0.05) is 36.8 Å². The van der Waals surface area contributed by atoms with Crippen LogP contribution in [0.2, 0.25) is 0 Å². The number of hydrogen-bond donors (Lipinski definition) is 1. The Balaban J connectivity index is 1.73. The number of nitro groups is 1. The highest BCUT2D eigenvalue weighted by Gasteiger charge is 2.33. The van der Waals surface area contributed by atoms with E-state index < -0.39 is 26.8 Å². The predicted octanol–water partition coefficient (Wildman–Crippen LogP) is 1.82. The van der Waals surface area contributed by atoms with E-state index in [0.29, 0.717) is 5.69 Å². The van der Waals surface area contributed by atoms with Gasteiger partial charge >= 0.3 is 0 Å². The van der Waals surface area contributed by atoms with Gasteiger partial charge < -0.3 is 4.90 Å². The summed E-state index contributed by atoms with van der Waals surface area (Å²) in [4.78, 5) is 23.4. The second-order valence-electron chi connectivity index (χ2n) is 5.75. The smallest absolute Gasteiger partial charge is 0.269 e. The number of non-ortho nitro benzene ring substituents is 1. The molecule has 1 atom stereocenters. The van der Waals surface area contributed by atoms with E-state index in [1.807, 2.05) is 0 Å². The molecule has 2 aromatic rings. The van der Waals surface area contributed by atoms with Crippen LogP contribution in [0.25, 0.3) is 0 Å². The van der Waals surface area contributed by atoms with E-state index >= 15 is 0 Å². The fourth-order valence-corrected chi connectivity index (χ4v) is 3.92. The van der Waals surface area contributed by atoms with E-state index in [0.717, 1.165) is 24.3 Å². The molecule has 0 aromatic heterocycles. The first-order valence-electron chi connectivity index (χ1n) is 7.59. The molecule has 3 rings (SSSR count). The van der Waals surface area contributed by atoms with Gasteiger partial charge in [0.2, 0.25) is 15.9 Å². The molecule has 1 heterocycles. The number of anilines is 1. The van der Waals surface area contributed by atoms with Gasteiger partial charge in [0.25, 0.3) is 5.69 Å². The molecule has 1 aliphatic rings. The number of amides is 1. The van der Waals surface area contributed by atoms with E-state index in [4.69, 9.17) is 0 Å². The van der Waals surface area contributed by atoms with Gasteiger partial charge in [-0.15, -0.1) is 0 Å². The maximum Gasteiger partial charge on any atom is 0.269 e. The number of sulfonamides is 1. The molecular formula is C16H14FN3O5S. The number of halogens is 1. The zero-order valence-corrected chi connectivity index (χ0v) is 14.1. The van der Waals surface area contributed by atoms with Crippen molar-refractivity contribution < 1.29 is 22.5 Å². The third-order valence-electron chi connectivity index (χ3n) is 3.94. The largest absolute Gasteiger partial charge is 0.311 e. The van der Waals surface area contributed by atoms with Gasteiger partial charge in [-0.2, -0.15) is 0 Å². The van der Waals surface area contributed by atoms with Gasteiger partial charge in [-0.05, 0) is 36.4 Å². The molecule has 0 unspecified atom stereocenters. The van der Waals surface area contributed by atoms with Crippen molar-refractivity contribution in [1.82, 2.24) is 4.72 Å². The van der Waals surface area contributed by atoms with E-state index in [2.05, 4.69) is 4.72 Å². The van der Waals surface area contributed by atoms with Crippen molar-refractivity contribution >= 4 is 27.3 Å². The van der Waals surface area contributed by atoms with Crippen molar-refractivity contribution in [3.63, 3.8) is 0 Å². The van der Waals surface area contributed by atoms with Crippen LogP contribution in [0.1, 0.15) is 6.42 Å². The summed E-state index contributed by atoms with van der Waals surface area (Å²) < 4.78 is 40.2. The number of carbonyl (C=O) groups excluding carboxylic acids is 1. The van der Waals surface area contributed by atoms with Crippen LogP contribution in [0.15, 0.2) is 53.4 Å². The van der Waals surface area contributed by atoms with Crippen LogP contribution in [0.4, 0.5) is 15.8 Å². The van der Waals surface area contributed by atoms with Gasteiger partial charge in [-0.3, -0.25) is 14.9 Å². The predicted molar refractivity (Wildman–Crippen MR) is 90.6 cm³/mol. The van der Waals surface area contributed by atoms with Crippen LogP contribution in [-0.2, 0) is 14.8 Å². The Morgan fingerprint density at radius 2 is 1.73 bits per heavy atom. The highest BCUT2D eigenvalue weighted by atomic mass is 32.2. The fraction of sp³-hybridized carbons (Fsp3) is 0.188. The lowest BCUT2D eigenvalue weighted by Gasteiger charge is -2.17. The molecule has 1 fully saturated rings. The molecule has 10 heteroatoms. The molecule has 0 aliphatic carbocycles. The third kappa shape index (κ3) is 3.70. The first-order chi connectivity index (χ1) is 12.3. The lowest BCUT2D eigenvalue weighted by atomic mass is 10.3. The maximum atomic E-state index is 13.0. The molecule has 1 N–H and O–H groups in total. The fourth-order valence-electron chi connectivity index (χ4n) is 2.69. The number of benzene rings is 2. The number of nitrogens with one attached hydrogen (secondary N) is 1. The summed E-state index contributed by atoms with van der Waals surface area (Å²) in [7, 11) is -3.93. The zero-order valence-electron chi connectivity index (χ0n) is 13.3. The molecule has 0 radical (unpaired) electrons. The van der Waals surface area contributed by atoms with E-state index in [1.165, 1.54) is 29.2 Å². The summed E-state index contributed by atoms with van der Waals surface area (Å²) in [5.74, 6) is -0.719. The standard InChI is InChI=1S/C16H14FN3O5S/c17-11-1-3-13(4-2-11)19-10-12(9-16(19)21)18-26(24,25)15-7-5-14(6-8-15)20(22)23/h1-8,12,18H,9-10H2/t12-/m1/s1. The Morgan fingerprint density at radius 3 is 2.31 bits per heavy atom. The Kier molecular flexibility index (Phi) is 4.70. The molecule has 1 amide bonds. The zero-order chi connectivity index (χ0) is 18.9. The van der Waals surface area contributed by atoms with Crippen LogP contribution >= 0.6 is 0 Å². The highest BCUT2D eigenvalue weighted by molar-refractivity contribution is 7.89. The molecule has 0 saturated carbocycles. The van der Waals surface area contributed by atoms with E-state index in [1.54, 1.807) is 0 Å². The van der Waals surface area contributed by atoms with Crippen molar-refractivity contribution in [1.29, 1.82) is 0 Å². The van der Waals surface area contributed by atoms with Crippen molar-refractivity contribution in [3.05, 3.63) is 64.5 Å². The molecule has 0 bridgehead atoms. The number of hydrogen-bond acceptors (Lipinski definition) is 5. The lowest BCUT2D eigenvalue weighted by molar-refractivity contribution is -0.384. The van der Waals surface area contributed by atoms with Gasteiger partial charge in [-0.25, -0.2) is 17.5 Å². The Labute approximate surface area is 148 Å². The second kappa shape index (κ2) is 6.81. The van der Waals surface area contributed by atoms with E-state index in [-0.39, 0.29) is 29.5 Å².